The number of hydrogen-bond acceptors (Lipinski definition) is 3. The van der Waals surface area contributed by atoms with Crippen molar-refractivity contribution in [3.8, 4) is 0 Å². The zero-order valence-electron chi connectivity index (χ0n) is 11.0. The molecule has 0 spiro atoms. The highest BCUT2D eigenvalue weighted by atomic mass is 79.9. The number of nitrogens with one attached hydrogen (secondary N) is 1. The van der Waals surface area contributed by atoms with Gasteiger partial charge in [-0.25, -0.2) is 0 Å². The first-order chi connectivity index (χ1) is 8.81. The molecule has 0 aliphatic carbocycles. The molecule has 0 aromatic carbocycles. The molecule has 0 saturated carbocycles. The van der Waals surface area contributed by atoms with Crippen LogP contribution in [-0.4, -0.2) is 23.6 Å². The quantitative estimate of drug-likeness (QED) is 0.799. The van der Waals surface area contributed by atoms with Crippen LogP contribution >= 0.6 is 39.0 Å². The van der Waals surface area contributed by atoms with Gasteiger partial charge >= 0.3 is 0 Å². The van der Waals surface area contributed by atoms with Crippen molar-refractivity contribution in [2.75, 3.05) is 12.3 Å². The largest absolute Gasteiger partial charge is 0.313 e. The molecule has 1 aliphatic heterocycles. The van der Waals surface area contributed by atoms with Gasteiger partial charge in [-0.05, 0) is 65.4 Å². The van der Waals surface area contributed by atoms with Crippen LogP contribution in [0.4, 0.5) is 0 Å². The minimum Gasteiger partial charge on any atom is -0.313 e. The highest BCUT2D eigenvalue weighted by Gasteiger charge is 2.24. The van der Waals surface area contributed by atoms with E-state index < -0.39 is 0 Å². The van der Waals surface area contributed by atoms with Gasteiger partial charge in [-0.1, -0.05) is 13.3 Å². The van der Waals surface area contributed by atoms with E-state index in [4.69, 9.17) is 0 Å². The van der Waals surface area contributed by atoms with Crippen molar-refractivity contribution in [3.63, 3.8) is 0 Å². The van der Waals surface area contributed by atoms with Crippen LogP contribution in [0.25, 0.3) is 0 Å². The summed E-state index contributed by atoms with van der Waals surface area (Å²) in [5.74, 6) is 1.35. The molecule has 1 N–H and O–H groups in total. The van der Waals surface area contributed by atoms with Crippen molar-refractivity contribution in [2.45, 2.75) is 50.3 Å². The minimum absolute atomic E-state index is 0.644. The predicted octanol–water partition coefficient (Wildman–Crippen LogP) is 4.71. The van der Waals surface area contributed by atoms with Crippen LogP contribution in [0.3, 0.4) is 0 Å². The molecule has 2 atom stereocenters. The summed E-state index contributed by atoms with van der Waals surface area (Å²) in [6.07, 6.45) is 6.60. The standard InChI is InChI=1S/C14H22BrNS2/c1-2-7-16-12(13-5-3-4-8-17-13)10-14-11(15)6-9-18-14/h6,9,12-13,16H,2-5,7-8,10H2,1H3. The summed E-state index contributed by atoms with van der Waals surface area (Å²) in [5.41, 5.74) is 0. The zero-order valence-corrected chi connectivity index (χ0v) is 14.2. The summed E-state index contributed by atoms with van der Waals surface area (Å²) >= 11 is 7.72. The Bertz CT molecular complexity index is 347. The Morgan fingerprint density at radius 2 is 2.39 bits per heavy atom. The molecule has 4 heteroatoms. The van der Waals surface area contributed by atoms with Gasteiger partial charge in [0, 0.05) is 20.6 Å². The number of halogens is 1. The summed E-state index contributed by atoms with van der Waals surface area (Å²) < 4.78 is 1.29. The van der Waals surface area contributed by atoms with Crippen molar-refractivity contribution in [3.05, 3.63) is 20.8 Å². The maximum absolute atomic E-state index is 3.77. The highest BCUT2D eigenvalue weighted by Crippen LogP contribution is 2.31. The van der Waals surface area contributed by atoms with Crippen molar-refractivity contribution < 1.29 is 0 Å². The highest BCUT2D eigenvalue weighted by molar-refractivity contribution is 9.10. The first-order valence-electron chi connectivity index (χ1n) is 6.88. The van der Waals surface area contributed by atoms with E-state index in [1.165, 1.54) is 47.2 Å². The Labute approximate surface area is 127 Å². The van der Waals surface area contributed by atoms with Gasteiger partial charge < -0.3 is 5.32 Å². The molecule has 2 rings (SSSR count). The fraction of sp³-hybridized carbons (Fsp3) is 0.714. The van der Waals surface area contributed by atoms with Gasteiger partial charge in [0.05, 0.1) is 0 Å². The smallest absolute Gasteiger partial charge is 0.0314 e. The summed E-state index contributed by atoms with van der Waals surface area (Å²) in [6, 6.07) is 2.82. The summed E-state index contributed by atoms with van der Waals surface area (Å²) in [4.78, 5) is 1.50. The lowest BCUT2D eigenvalue weighted by Gasteiger charge is -2.30. The van der Waals surface area contributed by atoms with Crippen molar-refractivity contribution in [2.24, 2.45) is 0 Å². The first kappa shape index (κ1) is 14.9. The average Bonchev–Trinajstić information content (AvgIpc) is 2.81. The van der Waals surface area contributed by atoms with E-state index in [0.717, 1.165) is 11.8 Å². The van der Waals surface area contributed by atoms with Gasteiger partial charge in [0.2, 0.25) is 0 Å². The second-order valence-corrected chi connectivity index (χ2v) is 8.06. The first-order valence-corrected chi connectivity index (χ1v) is 9.60. The van der Waals surface area contributed by atoms with Crippen LogP contribution in [0, 0.1) is 0 Å². The minimum atomic E-state index is 0.644. The second kappa shape index (κ2) is 7.93. The second-order valence-electron chi connectivity index (χ2n) is 4.86. The molecule has 1 aromatic rings. The number of rotatable bonds is 6. The maximum atomic E-state index is 3.77. The Balaban J connectivity index is 1.97. The number of hydrogen-bond donors (Lipinski definition) is 1. The van der Waals surface area contributed by atoms with E-state index >= 15 is 0 Å². The molecule has 18 heavy (non-hydrogen) atoms. The van der Waals surface area contributed by atoms with E-state index in [-0.39, 0.29) is 0 Å². The molecule has 1 nitrogen and oxygen atoms in total. The van der Waals surface area contributed by atoms with Gasteiger partial charge in [-0.15, -0.1) is 11.3 Å². The molecule has 1 saturated heterocycles. The lowest BCUT2D eigenvalue weighted by molar-refractivity contribution is 0.463. The molecule has 0 bridgehead atoms. The third kappa shape index (κ3) is 4.26. The van der Waals surface area contributed by atoms with Crippen LogP contribution in [0.15, 0.2) is 15.9 Å². The van der Waals surface area contributed by atoms with Crippen LogP contribution in [0.5, 0.6) is 0 Å². The molecule has 0 radical (unpaired) electrons. The lowest BCUT2D eigenvalue weighted by Crippen LogP contribution is -2.41. The predicted molar refractivity (Wildman–Crippen MR) is 87.9 cm³/mol. The van der Waals surface area contributed by atoms with E-state index in [1.807, 2.05) is 11.3 Å². The van der Waals surface area contributed by atoms with E-state index in [1.54, 1.807) is 0 Å². The number of thiophene rings is 1. The van der Waals surface area contributed by atoms with Gasteiger partial charge in [-0.2, -0.15) is 11.8 Å². The van der Waals surface area contributed by atoms with E-state index in [2.05, 4.69) is 51.4 Å². The molecule has 2 unspecified atom stereocenters. The van der Waals surface area contributed by atoms with Gasteiger partial charge in [0.25, 0.3) is 0 Å². The van der Waals surface area contributed by atoms with Crippen LogP contribution < -0.4 is 5.32 Å². The van der Waals surface area contributed by atoms with Crippen LogP contribution in [-0.2, 0) is 6.42 Å². The topological polar surface area (TPSA) is 12.0 Å². The van der Waals surface area contributed by atoms with Crippen molar-refractivity contribution >= 4 is 39.0 Å². The Morgan fingerprint density at radius 1 is 1.50 bits per heavy atom. The molecule has 1 aliphatic rings. The Kier molecular flexibility index (Phi) is 6.56. The van der Waals surface area contributed by atoms with Gasteiger partial charge in [0.1, 0.15) is 0 Å². The zero-order chi connectivity index (χ0) is 12.8. The Hall–Kier alpha value is 0.490. The number of thioether (sulfide) groups is 1. The fourth-order valence-electron chi connectivity index (χ4n) is 2.42. The Morgan fingerprint density at radius 3 is 3.00 bits per heavy atom. The molecular formula is C14H22BrNS2. The summed E-state index contributed by atoms with van der Waals surface area (Å²) in [6.45, 7) is 3.39. The van der Waals surface area contributed by atoms with Crippen molar-refractivity contribution in [1.82, 2.24) is 5.32 Å². The molecule has 2 heterocycles. The molecule has 1 fully saturated rings. The maximum Gasteiger partial charge on any atom is 0.0314 e. The van der Waals surface area contributed by atoms with Crippen molar-refractivity contribution in [1.29, 1.82) is 0 Å². The third-order valence-electron chi connectivity index (χ3n) is 3.42. The summed E-state index contributed by atoms with van der Waals surface area (Å²) in [7, 11) is 0. The molecule has 0 amide bonds. The van der Waals surface area contributed by atoms with Crippen LogP contribution in [0.2, 0.25) is 0 Å². The normalized spacial score (nSPS) is 22.0. The molecular weight excluding hydrogens is 326 g/mol. The molecule has 102 valence electrons. The lowest BCUT2D eigenvalue weighted by atomic mass is 10.0. The van der Waals surface area contributed by atoms with Crippen LogP contribution in [0.1, 0.15) is 37.5 Å². The summed E-state index contributed by atoms with van der Waals surface area (Å²) in [5, 5.41) is 6.76. The third-order valence-corrected chi connectivity index (χ3v) is 6.88. The molecule has 1 aromatic heterocycles. The van der Waals surface area contributed by atoms with Gasteiger partial charge in [0.15, 0.2) is 0 Å². The SMILES string of the molecule is CCCNC(Cc1sccc1Br)C1CCCCS1. The van der Waals surface area contributed by atoms with Gasteiger partial charge in [-0.3, -0.25) is 0 Å². The van der Waals surface area contributed by atoms with E-state index in [9.17, 15) is 0 Å². The average molecular weight is 348 g/mol. The monoisotopic (exact) mass is 347 g/mol. The fourth-order valence-corrected chi connectivity index (χ4v) is 5.42. The van der Waals surface area contributed by atoms with E-state index in [0.29, 0.717) is 6.04 Å².